The summed E-state index contributed by atoms with van der Waals surface area (Å²) in [6.07, 6.45) is 7.20. The molecule has 2 rings (SSSR count). The first-order valence-electron chi connectivity index (χ1n) is 6.64. The van der Waals surface area contributed by atoms with Crippen molar-refractivity contribution in [1.82, 2.24) is 9.88 Å². The van der Waals surface area contributed by atoms with Gasteiger partial charge in [-0.2, -0.15) is 0 Å². The highest BCUT2D eigenvalue weighted by Crippen LogP contribution is 2.34. The van der Waals surface area contributed by atoms with E-state index < -0.39 is 11.5 Å². The second-order valence-corrected chi connectivity index (χ2v) is 5.31. The molecule has 1 saturated carbocycles. The van der Waals surface area contributed by atoms with Crippen molar-refractivity contribution in [3.05, 3.63) is 23.5 Å². The highest BCUT2D eigenvalue weighted by molar-refractivity contribution is 5.98. The van der Waals surface area contributed by atoms with Gasteiger partial charge in [0.1, 0.15) is 5.54 Å². The molecule has 0 aromatic carbocycles. The summed E-state index contributed by atoms with van der Waals surface area (Å²) in [7, 11) is 1.61. The van der Waals surface area contributed by atoms with Gasteiger partial charge >= 0.3 is 5.97 Å². The number of likely N-dealkylation sites (N-methyl/N-ethyl adjacent to an activating group) is 1. The Morgan fingerprint density at radius 2 is 1.89 bits per heavy atom. The summed E-state index contributed by atoms with van der Waals surface area (Å²) >= 11 is 0. The van der Waals surface area contributed by atoms with E-state index in [9.17, 15) is 14.7 Å². The normalized spacial score (nSPS) is 18.0. The number of aryl methyl sites for hydroxylation is 1. The van der Waals surface area contributed by atoms with Crippen LogP contribution in [0.5, 0.6) is 0 Å². The number of nitrogens with zero attached hydrogens (tertiary/aromatic N) is 1. The smallest absolute Gasteiger partial charge is 0.329 e. The van der Waals surface area contributed by atoms with E-state index in [0.29, 0.717) is 18.4 Å². The molecule has 0 radical (unpaired) electrons. The average Bonchev–Trinajstić information content (AvgIpc) is 2.84. The molecule has 1 fully saturated rings. The van der Waals surface area contributed by atoms with Gasteiger partial charge in [0.25, 0.3) is 5.91 Å². The molecule has 1 heterocycles. The van der Waals surface area contributed by atoms with Crippen LogP contribution in [0.2, 0.25) is 0 Å². The zero-order valence-electron chi connectivity index (χ0n) is 11.4. The summed E-state index contributed by atoms with van der Waals surface area (Å²) in [6.45, 7) is 1.84. The zero-order valence-corrected chi connectivity index (χ0v) is 11.4. The Labute approximate surface area is 112 Å². The van der Waals surface area contributed by atoms with Crippen molar-refractivity contribution in [3.8, 4) is 0 Å². The minimum atomic E-state index is -1.04. The molecule has 0 saturated heterocycles. The molecule has 1 aromatic rings. The standard InChI is InChI=1S/C14H20N2O3/c1-10-8-15-9-11(10)12(17)16(2)14(13(18)19)6-4-3-5-7-14/h8-9,15H,3-7H2,1-2H3,(H,18,19). The van der Waals surface area contributed by atoms with Gasteiger partial charge in [-0.05, 0) is 25.3 Å². The predicted octanol–water partition coefficient (Wildman–Crippen LogP) is 2.18. The Hall–Kier alpha value is -1.78. The van der Waals surface area contributed by atoms with Crippen LogP contribution in [0.3, 0.4) is 0 Å². The SMILES string of the molecule is Cc1c[nH]cc1C(=O)N(C)C1(C(=O)O)CCCCC1. The van der Waals surface area contributed by atoms with Gasteiger partial charge in [-0.15, -0.1) is 0 Å². The monoisotopic (exact) mass is 264 g/mol. The van der Waals surface area contributed by atoms with Crippen molar-refractivity contribution in [3.63, 3.8) is 0 Å². The van der Waals surface area contributed by atoms with E-state index in [-0.39, 0.29) is 5.91 Å². The number of aliphatic carboxylic acids is 1. The third-order valence-electron chi connectivity index (χ3n) is 4.21. The van der Waals surface area contributed by atoms with Crippen LogP contribution in [0.25, 0.3) is 0 Å². The van der Waals surface area contributed by atoms with Crippen molar-refractivity contribution in [2.45, 2.75) is 44.6 Å². The highest BCUT2D eigenvalue weighted by Gasteiger charge is 2.45. The molecule has 5 nitrogen and oxygen atoms in total. The fourth-order valence-corrected chi connectivity index (χ4v) is 2.88. The Morgan fingerprint density at radius 3 is 2.37 bits per heavy atom. The maximum Gasteiger partial charge on any atom is 0.329 e. The Balaban J connectivity index is 2.30. The van der Waals surface area contributed by atoms with Gasteiger partial charge < -0.3 is 15.0 Å². The Bertz CT molecular complexity index is 487. The summed E-state index contributed by atoms with van der Waals surface area (Å²) < 4.78 is 0. The molecule has 1 aliphatic carbocycles. The van der Waals surface area contributed by atoms with E-state index in [0.717, 1.165) is 24.8 Å². The lowest BCUT2D eigenvalue weighted by Gasteiger charge is -2.41. The van der Waals surface area contributed by atoms with Crippen LogP contribution in [0.4, 0.5) is 0 Å². The fourth-order valence-electron chi connectivity index (χ4n) is 2.88. The van der Waals surface area contributed by atoms with Gasteiger partial charge in [-0.3, -0.25) is 4.79 Å². The van der Waals surface area contributed by atoms with Gasteiger partial charge in [0.05, 0.1) is 5.56 Å². The summed E-state index contributed by atoms with van der Waals surface area (Å²) in [6, 6.07) is 0. The first-order chi connectivity index (χ1) is 8.99. The zero-order chi connectivity index (χ0) is 14.0. The van der Waals surface area contributed by atoms with Crippen LogP contribution in [-0.4, -0.2) is 39.5 Å². The quantitative estimate of drug-likeness (QED) is 0.878. The second-order valence-electron chi connectivity index (χ2n) is 5.31. The minimum Gasteiger partial charge on any atom is -0.479 e. The first-order valence-corrected chi connectivity index (χ1v) is 6.64. The summed E-state index contributed by atoms with van der Waals surface area (Å²) in [5, 5.41) is 9.57. The van der Waals surface area contributed by atoms with Crippen molar-refractivity contribution >= 4 is 11.9 Å². The number of aromatic nitrogens is 1. The maximum atomic E-state index is 12.5. The molecule has 1 aromatic heterocycles. The molecule has 104 valence electrons. The lowest BCUT2D eigenvalue weighted by atomic mass is 9.80. The largest absolute Gasteiger partial charge is 0.479 e. The predicted molar refractivity (Wildman–Crippen MR) is 71.1 cm³/mol. The van der Waals surface area contributed by atoms with Crippen LogP contribution < -0.4 is 0 Å². The van der Waals surface area contributed by atoms with Crippen LogP contribution in [0, 0.1) is 6.92 Å². The lowest BCUT2D eigenvalue weighted by Crippen LogP contribution is -2.56. The first kappa shape index (κ1) is 13.6. The molecule has 0 aliphatic heterocycles. The molecule has 1 amide bonds. The number of carboxylic acids is 1. The Morgan fingerprint density at radius 1 is 1.26 bits per heavy atom. The van der Waals surface area contributed by atoms with Gasteiger partial charge in [-0.1, -0.05) is 19.3 Å². The van der Waals surface area contributed by atoms with E-state index in [1.54, 1.807) is 19.4 Å². The Kier molecular flexibility index (Phi) is 3.64. The van der Waals surface area contributed by atoms with Crippen LogP contribution in [0.1, 0.15) is 48.0 Å². The number of amides is 1. The number of hydrogen-bond acceptors (Lipinski definition) is 2. The summed E-state index contributed by atoms with van der Waals surface area (Å²) in [5.41, 5.74) is 0.348. The molecule has 0 bridgehead atoms. The average molecular weight is 264 g/mol. The molecular formula is C14H20N2O3. The van der Waals surface area contributed by atoms with Crippen LogP contribution >= 0.6 is 0 Å². The van der Waals surface area contributed by atoms with E-state index >= 15 is 0 Å². The van der Waals surface area contributed by atoms with Crippen LogP contribution in [-0.2, 0) is 4.79 Å². The molecule has 0 atom stereocenters. The summed E-state index contributed by atoms with van der Waals surface area (Å²) in [5.74, 6) is -1.11. The third-order valence-corrected chi connectivity index (χ3v) is 4.21. The van der Waals surface area contributed by atoms with Crippen molar-refractivity contribution < 1.29 is 14.7 Å². The molecule has 19 heavy (non-hydrogen) atoms. The highest BCUT2D eigenvalue weighted by atomic mass is 16.4. The number of hydrogen-bond donors (Lipinski definition) is 2. The summed E-state index contributed by atoms with van der Waals surface area (Å²) in [4.78, 5) is 28.5. The number of aromatic amines is 1. The fraction of sp³-hybridized carbons (Fsp3) is 0.571. The number of H-pyrrole nitrogens is 1. The molecule has 2 N–H and O–H groups in total. The van der Waals surface area contributed by atoms with Crippen molar-refractivity contribution in [2.24, 2.45) is 0 Å². The van der Waals surface area contributed by atoms with E-state index in [4.69, 9.17) is 0 Å². The molecule has 0 unspecified atom stereocenters. The number of carbonyl (C=O) groups excluding carboxylic acids is 1. The van der Waals surface area contributed by atoms with Gasteiger partial charge in [0.15, 0.2) is 0 Å². The second kappa shape index (κ2) is 5.07. The minimum absolute atomic E-state index is 0.219. The van der Waals surface area contributed by atoms with Crippen molar-refractivity contribution in [2.75, 3.05) is 7.05 Å². The molecule has 5 heteroatoms. The maximum absolute atomic E-state index is 12.5. The molecule has 1 aliphatic rings. The van der Waals surface area contributed by atoms with E-state index in [2.05, 4.69) is 4.98 Å². The molecular weight excluding hydrogens is 244 g/mol. The van der Waals surface area contributed by atoms with E-state index in [1.807, 2.05) is 6.92 Å². The topological polar surface area (TPSA) is 73.4 Å². The lowest BCUT2D eigenvalue weighted by molar-refractivity contribution is -0.151. The van der Waals surface area contributed by atoms with Gasteiger partial charge in [-0.25, -0.2) is 4.79 Å². The number of carbonyl (C=O) groups is 2. The molecule has 0 spiro atoms. The van der Waals surface area contributed by atoms with Crippen molar-refractivity contribution in [1.29, 1.82) is 0 Å². The number of nitrogens with one attached hydrogen (secondary N) is 1. The number of rotatable bonds is 3. The van der Waals surface area contributed by atoms with Gasteiger partial charge in [0, 0.05) is 19.4 Å². The number of carboxylic acid groups (broad SMARTS) is 1. The van der Waals surface area contributed by atoms with E-state index in [1.165, 1.54) is 4.90 Å². The third kappa shape index (κ3) is 2.25. The van der Waals surface area contributed by atoms with Gasteiger partial charge in [0.2, 0.25) is 0 Å². The van der Waals surface area contributed by atoms with Crippen LogP contribution in [0.15, 0.2) is 12.4 Å².